The summed E-state index contributed by atoms with van der Waals surface area (Å²) in [5, 5.41) is 8.81. The third kappa shape index (κ3) is 5.77. The van der Waals surface area contributed by atoms with Crippen LogP contribution in [-0.2, 0) is 9.53 Å². The van der Waals surface area contributed by atoms with E-state index in [2.05, 4.69) is 6.07 Å². The molecule has 0 aromatic heterocycles. The number of nitrogen functional groups attached to an aromatic ring is 1. The van der Waals surface area contributed by atoms with Gasteiger partial charge in [-0.3, -0.25) is 0 Å². The summed E-state index contributed by atoms with van der Waals surface area (Å²) in [7, 11) is 0. The summed E-state index contributed by atoms with van der Waals surface area (Å²) in [5.74, 6) is 0.0606. The minimum absolute atomic E-state index is 0.170. The van der Waals surface area contributed by atoms with Gasteiger partial charge in [0.1, 0.15) is 5.75 Å². The number of rotatable bonds is 6. The summed E-state index contributed by atoms with van der Waals surface area (Å²) in [4.78, 5) is 11.4. The Morgan fingerprint density at radius 2 is 2.21 bits per heavy atom. The van der Waals surface area contributed by atoms with Gasteiger partial charge in [-0.15, -0.1) is 0 Å². The molecule has 0 fully saturated rings. The molecule has 19 heavy (non-hydrogen) atoms. The van der Waals surface area contributed by atoms with Crippen molar-refractivity contribution in [2.24, 2.45) is 5.41 Å². The molecule has 0 heterocycles. The number of esters is 1. The molecule has 0 aliphatic carbocycles. The fourth-order valence-electron chi connectivity index (χ4n) is 1.26. The van der Waals surface area contributed by atoms with Gasteiger partial charge < -0.3 is 15.2 Å². The van der Waals surface area contributed by atoms with Crippen molar-refractivity contribution >= 4 is 11.7 Å². The van der Waals surface area contributed by atoms with Crippen LogP contribution in [-0.4, -0.2) is 19.2 Å². The summed E-state index contributed by atoms with van der Waals surface area (Å²) in [6, 6.07) is 8.96. The van der Waals surface area contributed by atoms with Gasteiger partial charge >= 0.3 is 5.97 Å². The van der Waals surface area contributed by atoms with Gasteiger partial charge in [0.05, 0.1) is 18.1 Å². The third-order valence-corrected chi connectivity index (χ3v) is 2.51. The van der Waals surface area contributed by atoms with Crippen molar-refractivity contribution in [1.82, 2.24) is 0 Å². The van der Waals surface area contributed by atoms with E-state index in [0.29, 0.717) is 17.9 Å². The van der Waals surface area contributed by atoms with E-state index in [4.69, 9.17) is 20.5 Å². The van der Waals surface area contributed by atoms with Gasteiger partial charge in [0.2, 0.25) is 0 Å². The van der Waals surface area contributed by atoms with Crippen molar-refractivity contribution in [2.45, 2.75) is 20.3 Å². The Labute approximate surface area is 112 Å². The standard InChI is InChI=1S/C14H18N2O3/c1-14(2,10-15)6-7-18-13(17)9-19-12-5-3-4-11(16)8-12/h3-5,8H,6-7,9,16H2,1-2H3. The molecule has 0 unspecified atom stereocenters. The smallest absolute Gasteiger partial charge is 0.344 e. The predicted octanol–water partition coefficient (Wildman–Crippen LogP) is 2.13. The van der Waals surface area contributed by atoms with Gasteiger partial charge in [-0.2, -0.15) is 5.26 Å². The zero-order valence-corrected chi connectivity index (χ0v) is 11.2. The number of ether oxygens (including phenoxy) is 2. The molecule has 0 amide bonds. The molecule has 2 N–H and O–H groups in total. The molecular formula is C14H18N2O3. The minimum atomic E-state index is -0.491. The Hall–Kier alpha value is -2.22. The molecule has 5 nitrogen and oxygen atoms in total. The molecule has 0 aliphatic rings. The minimum Gasteiger partial charge on any atom is -0.482 e. The molecule has 0 bridgehead atoms. The van der Waals surface area contributed by atoms with E-state index < -0.39 is 11.4 Å². The maximum Gasteiger partial charge on any atom is 0.344 e. The highest BCUT2D eigenvalue weighted by molar-refractivity contribution is 5.71. The van der Waals surface area contributed by atoms with Gasteiger partial charge in [-0.25, -0.2) is 4.79 Å². The lowest BCUT2D eigenvalue weighted by Crippen LogP contribution is -2.18. The largest absolute Gasteiger partial charge is 0.482 e. The second-order valence-corrected chi connectivity index (χ2v) is 4.83. The molecule has 0 atom stereocenters. The van der Waals surface area contributed by atoms with Gasteiger partial charge in [-0.1, -0.05) is 6.07 Å². The molecule has 5 heteroatoms. The summed E-state index contributed by atoms with van der Waals surface area (Å²) in [6.45, 7) is 3.63. The predicted molar refractivity (Wildman–Crippen MR) is 71.3 cm³/mol. The van der Waals surface area contributed by atoms with Gasteiger partial charge in [-0.05, 0) is 32.4 Å². The summed E-state index contributed by atoms with van der Waals surface area (Å²) in [6.07, 6.45) is 0.494. The first-order chi connectivity index (χ1) is 8.93. The number of carbonyl (C=O) groups is 1. The van der Waals surface area contributed by atoms with Crippen molar-refractivity contribution in [3.63, 3.8) is 0 Å². The molecule has 1 aromatic carbocycles. The molecular weight excluding hydrogens is 244 g/mol. The Morgan fingerprint density at radius 3 is 2.84 bits per heavy atom. The van der Waals surface area contributed by atoms with Crippen LogP contribution in [0.4, 0.5) is 5.69 Å². The second kappa shape index (κ2) is 6.64. The number of anilines is 1. The number of hydrogen-bond acceptors (Lipinski definition) is 5. The van der Waals surface area contributed by atoms with Crippen molar-refractivity contribution in [3.05, 3.63) is 24.3 Å². The van der Waals surface area contributed by atoms with Crippen LogP contribution in [0.1, 0.15) is 20.3 Å². The summed E-state index contributed by atoms with van der Waals surface area (Å²) >= 11 is 0. The molecule has 1 aromatic rings. The van der Waals surface area contributed by atoms with Crippen LogP contribution < -0.4 is 10.5 Å². The molecule has 102 valence electrons. The average Bonchev–Trinajstić information content (AvgIpc) is 2.36. The van der Waals surface area contributed by atoms with E-state index in [1.54, 1.807) is 38.1 Å². The van der Waals surface area contributed by atoms with Gasteiger partial charge in [0.15, 0.2) is 6.61 Å². The first kappa shape index (κ1) is 14.8. The second-order valence-electron chi connectivity index (χ2n) is 4.83. The van der Waals surface area contributed by atoms with E-state index in [1.165, 1.54) is 0 Å². The van der Waals surface area contributed by atoms with Crippen LogP contribution in [0.3, 0.4) is 0 Å². The van der Waals surface area contributed by atoms with Crippen LogP contribution in [0.5, 0.6) is 5.75 Å². The number of carbonyl (C=O) groups excluding carboxylic acids is 1. The first-order valence-corrected chi connectivity index (χ1v) is 5.98. The van der Waals surface area contributed by atoms with E-state index in [-0.39, 0.29) is 13.2 Å². The lowest BCUT2D eigenvalue weighted by molar-refractivity contribution is -0.146. The topological polar surface area (TPSA) is 85.3 Å². The Morgan fingerprint density at radius 1 is 1.47 bits per heavy atom. The maximum absolute atomic E-state index is 11.4. The van der Waals surface area contributed by atoms with Crippen LogP contribution >= 0.6 is 0 Å². The lowest BCUT2D eigenvalue weighted by atomic mass is 9.92. The van der Waals surface area contributed by atoms with E-state index in [1.807, 2.05) is 0 Å². The van der Waals surface area contributed by atoms with Crippen LogP contribution in [0.2, 0.25) is 0 Å². The SMILES string of the molecule is CC(C)(C#N)CCOC(=O)COc1cccc(N)c1. The highest BCUT2D eigenvalue weighted by atomic mass is 16.6. The fourth-order valence-corrected chi connectivity index (χ4v) is 1.26. The Kier molecular flexibility index (Phi) is 5.19. The summed E-state index contributed by atoms with van der Waals surface area (Å²) < 4.78 is 10.2. The van der Waals surface area contributed by atoms with Crippen molar-refractivity contribution < 1.29 is 14.3 Å². The Bertz CT molecular complexity index is 478. The Balaban J connectivity index is 2.27. The van der Waals surface area contributed by atoms with Gasteiger partial charge in [0, 0.05) is 11.8 Å². The van der Waals surface area contributed by atoms with Crippen LogP contribution in [0.25, 0.3) is 0 Å². The monoisotopic (exact) mass is 262 g/mol. The number of nitriles is 1. The normalized spacial score (nSPS) is 10.6. The highest BCUT2D eigenvalue weighted by Gasteiger charge is 2.17. The number of nitrogens with two attached hydrogens (primary N) is 1. The molecule has 1 rings (SSSR count). The van der Waals surface area contributed by atoms with Crippen LogP contribution in [0.15, 0.2) is 24.3 Å². The molecule has 0 aliphatic heterocycles. The fraction of sp³-hybridized carbons (Fsp3) is 0.429. The van der Waals surface area contributed by atoms with Crippen LogP contribution in [0, 0.1) is 16.7 Å². The number of hydrogen-bond donors (Lipinski definition) is 1. The molecule has 0 spiro atoms. The number of benzene rings is 1. The maximum atomic E-state index is 11.4. The van der Waals surface area contributed by atoms with E-state index in [0.717, 1.165) is 0 Å². The van der Waals surface area contributed by atoms with Gasteiger partial charge in [0.25, 0.3) is 0 Å². The average molecular weight is 262 g/mol. The molecule has 0 saturated heterocycles. The molecule has 0 saturated carbocycles. The molecule has 0 radical (unpaired) electrons. The first-order valence-electron chi connectivity index (χ1n) is 5.98. The van der Waals surface area contributed by atoms with E-state index >= 15 is 0 Å². The number of nitrogens with zero attached hydrogens (tertiary/aromatic N) is 1. The lowest BCUT2D eigenvalue weighted by Gasteiger charge is -2.14. The zero-order valence-electron chi connectivity index (χ0n) is 11.2. The third-order valence-electron chi connectivity index (χ3n) is 2.51. The quantitative estimate of drug-likeness (QED) is 0.627. The van der Waals surface area contributed by atoms with Crippen molar-refractivity contribution in [1.29, 1.82) is 5.26 Å². The highest BCUT2D eigenvalue weighted by Crippen LogP contribution is 2.18. The van der Waals surface area contributed by atoms with Crippen molar-refractivity contribution in [3.8, 4) is 11.8 Å². The van der Waals surface area contributed by atoms with Crippen molar-refractivity contribution in [2.75, 3.05) is 18.9 Å². The summed E-state index contributed by atoms with van der Waals surface area (Å²) in [5.41, 5.74) is 5.66. The zero-order chi connectivity index (χ0) is 14.3. The van der Waals surface area contributed by atoms with E-state index in [9.17, 15) is 4.79 Å².